The van der Waals surface area contributed by atoms with Gasteiger partial charge in [-0.3, -0.25) is 4.79 Å². The minimum atomic E-state index is -0.687. The summed E-state index contributed by atoms with van der Waals surface area (Å²) in [7, 11) is 5.66. The highest BCUT2D eigenvalue weighted by atomic mass is 16.5. The molecule has 1 aromatic carbocycles. The Labute approximate surface area is 136 Å². The van der Waals surface area contributed by atoms with Crippen LogP contribution in [0, 0.1) is 0 Å². The van der Waals surface area contributed by atoms with Crippen molar-refractivity contribution in [3.05, 3.63) is 29.8 Å². The Morgan fingerprint density at radius 3 is 2.48 bits per heavy atom. The number of nitrogens with two attached hydrogens (primary N) is 1. The van der Waals surface area contributed by atoms with Gasteiger partial charge in [-0.1, -0.05) is 12.1 Å². The van der Waals surface area contributed by atoms with E-state index in [2.05, 4.69) is 10.2 Å². The second-order valence-electron chi connectivity index (χ2n) is 5.93. The monoisotopic (exact) mass is 320 g/mol. The van der Waals surface area contributed by atoms with Gasteiger partial charge in [0.1, 0.15) is 5.75 Å². The summed E-state index contributed by atoms with van der Waals surface area (Å²) in [6.07, 6.45) is 0. The molecule has 7 heteroatoms. The molecule has 1 fully saturated rings. The number of rotatable bonds is 5. The van der Waals surface area contributed by atoms with Crippen molar-refractivity contribution >= 4 is 11.9 Å². The van der Waals surface area contributed by atoms with Gasteiger partial charge in [0.2, 0.25) is 5.91 Å². The second-order valence-corrected chi connectivity index (χ2v) is 5.93. The number of carbonyl (C=O) groups is 2. The van der Waals surface area contributed by atoms with Crippen LogP contribution < -0.4 is 15.8 Å². The molecule has 1 aliphatic rings. The van der Waals surface area contributed by atoms with Crippen molar-refractivity contribution in [3.63, 3.8) is 0 Å². The van der Waals surface area contributed by atoms with E-state index in [1.807, 2.05) is 38.4 Å². The van der Waals surface area contributed by atoms with Crippen molar-refractivity contribution in [1.82, 2.24) is 15.1 Å². The number of nitrogens with one attached hydrogen (secondary N) is 1. The predicted octanol–water partition coefficient (Wildman–Crippen LogP) is 0.220. The van der Waals surface area contributed by atoms with Crippen LogP contribution in [0.15, 0.2) is 24.3 Å². The smallest absolute Gasteiger partial charge is 0.312 e. The summed E-state index contributed by atoms with van der Waals surface area (Å²) in [5.74, 6) is 0.909. The number of likely N-dealkylation sites (N-methyl/N-ethyl adjacent to an activating group) is 1. The van der Waals surface area contributed by atoms with Gasteiger partial charge in [-0.05, 0) is 31.8 Å². The fraction of sp³-hybridized carbons (Fsp3) is 0.500. The van der Waals surface area contributed by atoms with Crippen molar-refractivity contribution in [2.45, 2.75) is 12.0 Å². The number of primary amides is 1. The van der Waals surface area contributed by atoms with E-state index in [9.17, 15) is 9.59 Å². The molecule has 0 spiro atoms. The molecule has 1 aromatic rings. The molecule has 0 radical (unpaired) electrons. The van der Waals surface area contributed by atoms with Gasteiger partial charge in [0.15, 0.2) is 0 Å². The van der Waals surface area contributed by atoms with E-state index in [0.29, 0.717) is 13.1 Å². The lowest BCUT2D eigenvalue weighted by Crippen LogP contribution is -2.42. The summed E-state index contributed by atoms with van der Waals surface area (Å²) >= 11 is 0. The third kappa shape index (κ3) is 4.13. The average molecular weight is 320 g/mol. The highest BCUT2D eigenvalue weighted by molar-refractivity contribution is 5.83. The molecule has 1 saturated heterocycles. The van der Waals surface area contributed by atoms with Crippen molar-refractivity contribution < 1.29 is 14.3 Å². The number of nitrogens with zero attached hydrogens (tertiary/aromatic N) is 2. The number of hydrogen-bond acceptors (Lipinski definition) is 4. The van der Waals surface area contributed by atoms with Gasteiger partial charge in [-0.25, -0.2) is 4.79 Å². The molecule has 0 bridgehead atoms. The summed E-state index contributed by atoms with van der Waals surface area (Å²) in [4.78, 5) is 26.9. The number of methoxy groups -OCH3 is 1. The zero-order valence-corrected chi connectivity index (χ0v) is 13.8. The lowest BCUT2D eigenvalue weighted by molar-refractivity contribution is -0.129. The molecule has 2 rings (SSSR count). The Hall–Kier alpha value is -2.28. The summed E-state index contributed by atoms with van der Waals surface area (Å²) in [6.45, 7) is 1.18. The standard InChI is InChI=1S/C16H24N4O3/c1-19(2)14-10-20(15(21)8-18-16(17)22)9-13(14)11-4-6-12(23-3)7-5-11/h4-7,13-14H,8-10H2,1-3H3,(H3,17,18,22)/t13-,14+/m0/s1. The van der Waals surface area contributed by atoms with E-state index in [4.69, 9.17) is 10.5 Å². The van der Waals surface area contributed by atoms with Gasteiger partial charge in [0.25, 0.3) is 0 Å². The third-order valence-corrected chi connectivity index (χ3v) is 4.26. The minimum Gasteiger partial charge on any atom is -0.497 e. The van der Waals surface area contributed by atoms with E-state index >= 15 is 0 Å². The van der Waals surface area contributed by atoms with Crippen LogP contribution in [0.1, 0.15) is 11.5 Å². The number of hydrogen-bond donors (Lipinski definition) is 2. The van der Waals surface area contributed by atoms with Gasteiger partial charge in [-0.2, -0.15) is 0 Å². The van der Waals surface area contributed by atoms with Crippen LogP contribution in [0.3, 0.4) is 0 Å². The van der Waals surface area contributed by atoms with Crippen LogP contribution in [0.25, 0.3) is 0 Å². The number of benzene rings is 1. The molecule has 1 heterocycles. The van der Waals surface area contributed by atoms with E-state index < -0.39 is 6.03 Å². The lowest BCUT2D eigenvalue weighted by atomic mass is 9.93. The fourth-order valence-corrected chi connectivity index (χ4v) is 2.97. The largest absolute Gasteiger partial charge is 0.497 e. The van der Waals surface area contributed by atoms with Gasteiger partial charge < -0.3 is 25.6 Å². The van der Waals surface area contributed by atoms with Crippen LogP contribution >= 0.6 is 0 Å². The molecule has 23 heavy (non-hydrogen) atoms. The van der Waals surface area contributed by atoms with Crippen LogP contribution in [0.5, 0.6) is 5.75 Å². The molecule has 1 aliphatic heterocycles. The van der Waals surface area contributed by atoms with Crippen molar-refractivity contribution in [2.75, 3.05) is 40.8 Å². The Balaban J connectivity index is 2.11. The minimum absolute atomic E-state index is 0.0647. The molecule has 3 N–H and O–H groups in total. The average Bonchev–Trinajstić information content (AvgIpc) is 2.98. The summed E-state index contributed by atoms with van der Waals surface area (Å²) in [5.41, 5.74) is 6.19. The number of ether oxygens (including phenoxy) is 1. The third-order valence-electron chi connectivity index (χ3n) is 4.26. The fourth-order valence-electron chi connectivity index (χ4n) is 2.97. The van der Waals surface area contributed by atoms with E-state index in [-0.39, 0.29) is 24.4 Å². The maximum atomic E-state index is 12.2. The van der Waals surface area contributed by atoms with E-state index in [1.165, 1.54) is 5.56 Å². The van der Waals surface area contributed by atoms with E-state index in [1.54, 1.807) is 12.0 Å². The van der Waals surface area contributed by atoms with Crippen LogP contribution in [0.4, 0.5) is 4.79 Å². The molecule has 0 aliphatic carbocycles. The molecule has 3 amide bonds. The second kappa shape index (κ2) is 7.32. The van der Waals surface area contributed by atoms with Gasteiger partial charge in [-0.15, -0.1) is 0 Å². The first-order valence-electron chi connectivity index (χ1n) is 7.53. The number of carbonyl (C=O) groups excluding carboxylic acids is 2. The van der Waals surface area contributed by atoms with Crippen molar-refractivity contribution in [2.24, 2.45) is 5.73 Å². The first-order valence-corrected chi connectivity index (χ1v) is 7.53. The van der Waals surface area contributed by atoms with Gasteiger partial charge in [0.05, 0.1) is 13.7 Å². The molecule has 7 nitrogen and oxygen atoms in total. The first kappa shape index (κ1) is 17.1. The molecule has 0 saturated carbocycles. The van der Waals surface area contributed by atoms with E-state index in [0.717, 1.165) is 5.75 Å². The zero-order valence-electron chi connectivity index (χ0n) is 13.8. The molecule has 2 atom stereocenters. The first-order chi connectivity index (χ1) is 10.9. The molecule has 0 unspecified atom stereocenters. The van der Waals surface area contributed by atoms with Crippen molar-refractivity contribution in [1.29, 1.82) is 0 Å². The van der Waals surface area contributed by atoms with Crippen LogP contribution in [-0.4, -0.2) is 68.6 Å². The zero-order chi connectivity index (χ0) is 17.0. The van der Waals surface area contributed by atoms with Crippen LogP contribution in [-0.2, 0) is 4.79 Å². The van der Waals surface area contributed by atoms with Crippen LogP contribution in [0.2, 0.25) is 0 Å². The maximum Gasteiger partial charge on any atom is 0.312 e. The topological polar surface area (TPSA) is 87.9 Å². The normalized spacial score (nSPS) is 20.6. The molecular formula is C16H24N4O3. The Bertz CT molecular complexity index is 559. The van der Waals surface area contributed by atoms with Crippen molar-refractivity contribution in [3.8, 4) is 5.75 Å². The molecule has 126 valence electrons. The quantitative estimate of drug-likeness (QED) is 0.812. The number of urea groups is 1. The number of amides is 3. The lowest BCUT2D eigenvalue weighted by Gasteiger charge is -2.25. The Kier molecular flexibility index (Phi) is 5.44. The Morgan fingerprint density at radius 1 is 1.30 bits per heavy atom. The Morgan fingerprint density at radius 2 is 1.96 bits per heavy atom. The van der Waals surface area contributed by atoms with Gasteiger partial charge in [0, 0.05) is 25.0 Å². The number of likely N-dealkylation sites (tertiary alicyclic amines) is 1. The molecule has 0 aromatic heterocycles. The highest BCUT2D eigenvalue weighted by Crippen LogP contribution is 2.31. The SMILES string of the molecule is COc1ccc([C@@H]2CN(C(=O)CNC(N)=O)C[C@H]2N(C)C)cc1. The maximum absolute atomic E-state index is 12.2. The summed E-state index contributed by atoms with van der Waals surface area (Å²) < 4.78 is 5.19. The molecular weight excluding hydrogens is 296 g/mol. The predicted molar refractivity (Wildman–Crippen MR) is 87.4 cm³/mol. The van der Waals surface area contributed by atoms with Gasteiger partial charge >= 0.3 is 6.03 Å². The highest BCUT2D eigenvalue weighted by Gasteiger charge is 2.37. The summed E-state index contributed by atoms with van der Waals surface area (Å²) in [5, 5.41) is 2.35. The summed E-state index contributed by atoms with van der Waals surface area (Å²) in [6, 6.07) is 7.47.